The lowest BCUT2D eigenvalue weighted by atomic mass is 10.1. The number of methoxy groups -OCH3 is 3. The van der Waals surface area contributed by atoms with Gasteiger partial charge in [0, 0.05) is 17.1 Å². The van der Waals surface area contributed by atoms with E-state index in [0.717, 1.165) is 0 Å². The molecule has 2 rings (SSSR count). The number of hydrogen-bond donors (Lipinski definition) is 2. The van der Waals surface area contributed by atoms with Crippen molar-refractivity contribution in [1.29, 1.82) is 0 Å². The lowest BCUT2D eigenvalue weighted by Crippen LogP contribution is -2.32. The summed E-state index contributed by atoms with van der Waals surface area (Å²) in [7, 11) is 4.39. The lowest BCUT2D eigenvalue weighted by Gasteiger charge is -2.14. The van der Waals surface area contributed by atoms with E-state index in [1.165, 1.54) is 44.8 Å². The van der Waals surface area contributed by atoms with Gasteiger partial charge >= 0.3 is 0 Å². The fourth-order valence-electron chi connectivity index (χ4n) is 1.92. The summed E-state index contributed by atoms with van der Waals surface area (Å²) in [5, 5.41) is 7.32. The number of rotatable bonds is 7. The van der Waals surface area contributed by atoms with E-state index in [-0.39, 0.29) is 18.0 Å². The zero-order valence-electron chi connectivity index (χ0n) is 13.4. The largest absolute Gasteiger partial charge is 0.493 e. The lowest BCUT2D eigenvalue weighted by molar-refractivity contribution is -0.115. The van der Waals surface area contributed by atoms with Crippen LogP contribution in [-0.4, -0.2) is 44.7 Å². The number of benzene rings is 1. The summed E-state index contributed by atoms with van der Waals surface area (Å²) in [5.41, 5.74) is 0.284. The Morgan fingerprint density at radius 1 is 1.12 bits per heavy atom. The highest BCUT2D eigenvalue weighted by Gasteiger charge is 2.17. The van der Waals surface area contributed by atoms with Crippen LogP contribution >= 0.6 is 11.3 Å². The van der Waals surface area contributed by atoms with Crippen LogP contribution in [0.1, 0.15) is 10.4 Å². The molecule has 0 spiro atoms. The second kappa shape index (κ2) is 8.16. The van der Waals surface area contributed by atoms with E-state index in [9.17, 15) is 9.59 Å². The molecule has 0 saturated heterocycles. The van der Waals surface area contributed by atoms with Crippen molar-refractivity contribution >= 4 is 28.3 Å². The van der Waals surface area contributed by atoms with Crippen molar-refractivity contribution in [3.05, 3.63) is 29.3 Å². The van der Waals surface area contributed by atoms with Gasteiger partial charge in [-0.15, -0.1) is 11.3 Å². The molecule has 1 aromatic heterocycles. The minimum Gasteiger partial charge on any atom is -0.493 e. The average molecular weight is 351 g/mol. The number of anilines is 1. The van der Waals surface area contributed by atoms with Crippen LogP contribution in [-0.2, 0) is 4.79 Å². The minimum absolute atomic E-state index is 0.185. The Labute approximate surface area is 142 Å². The summed E-state index contributed by atoms with van der Waals surface area (Å²) in [4.78, 5) is 27.9. The number of ether oxygens (including phenoxy) is 3. The summed E-state index contributed by atoms with van der Waals surface area (Å²) in [5.74, 6) is 0.288. The van der Waals surface area contributed by atoms with E-state index < -0.39 is 5.91 Å². The molecule has 0 aliphatic carbocycles. The minimum atomic E-state index is -0.441. The second-order valence-electron chi connectivity index (χ2n) is 4.48. The standard InChI is InChI=1S/C15H17N3O5S/c1-21-10-6-9(7-11(22-2)13(10)23-3)14(20)17-8-12(19)18-15-16-4-5-24-15/h4-7H,8H2,1-3H3,(H,17,20)(H,16,18,19). The zero-order valence-corrected chi connectivity index (χ0v) is 14.2. The number of thiazole rings is 1. The summed E-state index contributed by atoms with van der Waals surface area (Å²) in [6.45, 7) is -0.185. The molecular formula is C15H17N3O5S. The van der Waals surface area contributed by atoms with Gasteiger partial charge in [-0.1, -0.05) is 0 Å². The number of hydrogen-bond acceptors (Lipinski definition) is 7. The molecule has 9 heteroatoms. The molecule has 128 valence electrons. The van der Waals surface area contributed by atoms with E-state index in [0.29, 0.717) is 22.4 Å². The van der Waals surface area contributed by atoms with Crippen LogP contribution in [0.4, 0.5) is 5.13 Å². The van der Waals surface area contributed by atoms with Crippen molar-refractivity contribution in [1.82, 2.24) is 10.3 Å². The topological polar surface area (TPSA) is 98.8 Å². The molecule has 2 amide bonds. The van der Waals surface area contributed by atoms with Crippen molar-refractivity contribution in [3.63, 3.8) is 0 Å². The van der Waals surface area contributed by atoms with Gasteiger partial charge in [-0.2, -0.15) is 0 Å². The van der Waals surface area contributed by atoms with E-state index >= 15 is 0 Å². The average Bonchev–Trinajstić information content (AvgIpc) is 3.11. The van der Waals surface area contributed by atoms with Gasteiger partial charge in [0.25, 0.3) is 5.91 Å². The molecule has 2 N–H and O–H groups in total. The van der Waals surface area contributed by atoms with Crippen molar-refractivity contribution in [2.24, 2.45) is 0 Å². The molecule has 0 unspecified atom stereocenters. The number of carbonyl (C=O) groups is 2. The number of nitrogens with zero attached hydrogens (tertiary/aromatic N) is 1. The van der Waals surface area contributed by atoms with Crippen LogP contribution in [0.5, 0.6) is 17.2 Å². The molecule has 2 aromatic rings. The third-order valence-electron chi connectivity index (χ3n) is 3.02. The monoisotopic (exact) mass is 351 g/mol. The van der Waals surface area contributed by atoms with Crippen LogP contribution < -0.4 is 24.8 Å². The van der Waals surface area contributed by atoms with E-state index in [2.05, 4.69) is 15.6 Å². The van der Waals surface area contributed by atoms with Crippen molar-refractivity contribution in [3.8, 4) is 17.2 Å². The first-order valence-electron chi connectivity index (χ1n) is 6.86. The van der Waals surface area contributed by atoms with Crippen LogP contribution in [0, 0.1) is 0 Å². The maximum atomic E-state index is 12.2. The Morgan fingerprint density at radius 2 is 1.79 bits per heavy atom. The highest BCUT2D eigenvalue weighted by molar-refractivity contribution is 7.13. The Balaban J connectivity index is 2.05. The number of aromatic nitrogens is 1. The molecule has 0 saturated carbocycles. The SMILES string of the molecule is COc1cc(C(=O)NCC(=O)Nc2nccs2)cc(OC)c1OC. The molecule has 8 nitrogen and oxygen atoms in total. The molecular weight excluding hydrogens is 334 g/mol. The number of nitrogens with one attached hydrogen (secondary N) is 2. The van der Waals surface area contributed by atoms with Crippen LogP contribution in [0.25, 0.3) is 0 Å². The Kier molecular flexibility index (Phi) is 5.96. The van der Waals surface area contributed by atoms with Gasteiger partial charge in [-0.25, -0.2) is 4.98 Å². The molecule has 1 aromatic carbocycles. The maximum absolute atomic E-state index is 12.2. The normalized spacial score (nSPS) is 9.96. The van der Waals surface area contributed by atoms with Gasteiger partial charge in [0.05, 0.1) is 27.9 Å². The molecule has 1 heterocycles. The highest BCUT2D eigenvalue weighted by Crippen LogP contribution is 2.38. The van der Waals surface area contributed by atoms with Crippen LogP contribution in [0.3, 0.4) is 0 Å². The van der Waals surface area contributed by atoms with Gasteiger partial charge < -0.3 is 24.8 Å². The predicted octanol–water partition coefficient (Wildman–Crippen LogP) is 1.54. The summed E-state index contributed by atoms with van der Waals surface area (Å²) < 4.78 is 15.6. The first-order chi connectivity index (χ1) is 11.6. The van der Waals surface area contributed by atoms with E-state index in [1.807, 2.05) is 0 Å². The van der Waals surface area contributed by atoms with Crippen LogP contribution in [0.15, 0.2) is 23.7 Å². The first kappa shape index (κ1) is 17.5. The molecule has 24 heavy (non-hydrogen) atoms. The third kappa shape index (κ3) is 4.13. The number of carbonyl (C=O) groups excluding carboxylic acids is 2. The molecule has 0 atom stereocenters. The highest BCUT2D eigenvalue weighted by atomic mass is 32.1. The fraction of sp³-hybridized carbons (Fsp3) is 0.267. The molecule has 0 radical (unpaired) electrons. The van der Waals surface area contributed by atoms with Crippen molar-refractivity contribution in [2.75, 3.05) is 33.2 Å². The van der Waals surface area contributed by atoms with E-state index in [1.54, 1.807) is 11.6 Å². The quantitative estimate of drug-likeness (QED) is 0.785. The molecule has 0 aliphatic heterocycles. The smallest absolute Gasteiger partial charge is 0.251 e. The van der Waals surface area contributed by atoms with Crippen molar-refractivity contribution < 1.29 is 23.8 Å². The summed E-state index contributed by atoms with van der Waals surface area (Å²) >= 11 is 1.29. The second-order valence-corrected chi connectivity index (χ2v) is 5.38. The Hall–Kier alpha value is -2.81. The maximum Gasteiger partial charge on any atom is 0.251 e. The predicted molar refractivity (Wildman–Crippen MR) is 89.2 cm³/mol. The zero-order chi connectivity index (χ0) is 17.5. The van der Waals surface area contributed by atoms with Gasteiger partial charge in [0.1, 0.15) is 0 Å². The summed E-state index contributed by atoms with van der Waals surface area (Å²) in [6, 6.07) is 3.02. The molecule has 0 fully saturated rings. The van der Waals surface area contributed by atoms with Crippen molar-refractivity contribution in [2.45, 2.75) is 0 Å². The van der Waals surface area contributed by atoms with Gasteiger partial charge in [-0.3, -0.25) is 9.59 Å². The van der Waals surface area contributed by atoms with E-state index in [4.69, 9.17) is 14.2 Å². The summed E-state index contributed by atoms with van der Waals surface area (Å²) in [6.07, 6.45) is 1.58. The number of amides is 2. The molecule has 0 aliphatic rings. The third-order valence-corrected chi connectivity index (χ3v) is 3.70. The molecule has 0 bridgehead atoms. The Morgan fingerprint density at radius 3 is 2.29 bits per heavy atom. The van der Waals surface area contributed by atoms with Gasteiger partial charge in [0.2, 0.25) is 11.7 Å². The van der Waals surface area contributed by atoms with Crippen LogP contribution in [0.2, 0.25) is 0 Å². The van der Waals surface area contributed by atoms with Gasteiger partial charge in [-0.05, 0) is 12.1 Å². The first-order valence-corrected chi connectivity index (χ1v) is 7.74. The fourth-order valence-corrected chi connectivity index (χ4v) is 2.47. The Bertz CT molecular complexity index is 693. The van der Waals surface area contributed by atoms with Gasteiger partial charge in [0.15, 0.2) is 16.6 Å².